The highest BCUT2D eigenvalue weighted by atomic mass is 32.1. The van der Waals surface area contributed by atoms with Crippen molar-refractivity contribution in [2.45, 2.75) is 71.1 Å². The molecule has 2 rings (SSSR count). The van der Waals surface area contributed by atoms with Crippen LogP contribution in [0.1, 0.15) is 74.7 Å². The lowest BCUT2D eigenvalue weighted by atomic mass is 9.80. The molecule has 4 heteroatoms. The van der Waals surface area contributed by atoms with Gasteiger partial charge in [-0.1, -0.05) is 33.1 Å². The molecule has 1 aromatic heterocycles. The van der Waals surface area contributed by atoms with E-state index in [1.165, 1.54) is 55.0 Å². The summed E-state index contributed by atoms with van der Waals surface area (Å²) in [6.07, 6.45) is 10.7. The van der Waals surface area contributed by atoms with Gasteiger partial charge in [-0.2, -0.15) is 0 Å². The maximum atomic E-state index is 4.45. The molecule has 1 aliphatic carbocycles. The smallest absolute Gasteiger partial charge is 0.120 e. The molecule has 114 valence electrons. The maximum absolute atomic E-state index is 4.45. The normalized spacial score (nSPS) is 23.1. The fourth-order valence-electron chi connectivity index (χ4n) is 3.10. The number of nitrogens with one attached hydrogen (secondary N) is 1. The topological polar surface area (TPSA) is 37.8 Å². The SMILES string of the molecule is CCCCC1CCC(c2nnc(CCNCC)s2)CC1. The fourth-order valence-corrected chi connectivity index (χ4v) is 4.11. The summed E-state index contributed by atoms with van der Waals surface area (Å²) in [5, 5.41) is 14.7. The van der Waals surface area contributed by atoms with Gasteiger partial charge in [0.05, 0.1) is 0 Å². The summed E-state index contributed by atoms with van der Waals surface area (Å²) in [4.78, 5) is 0. The van der Waals surface area contributed by atoms with Gasteiger partial charge in [-0.15, -0.1) is 21.5 Å². The number of nitrogens with zero attached hydrogens (tertiary/aromatic N) is 2. The Bertz CT molecular complexity index is 370. The van der Waals surface area contributed by atoms with E-state index in [0.29, 0.717) is 5.92 Å². The van der Waals surface area contributed by atoms with Gasteiger partial charge in [0.15, 0.2) is 0 Å². The van der Waals surface area contributed by atoms with Crippen molar-refractivity contribution in [3.8, 4) is 0 Å². The average Bonchev–Trinajstić information content (AvgIpc) is 2.95. The number of hydrogen-bond acceptors (Lipinski definition) is 4. The minimum atomic E-state index is 0.693. The van der Waals surface area contributed by atoms with Gasteiger partial charge in [-0.25, -0.2) is 0 Å². The van der Waals surface area contributed by atoms with Gasteiger partial charge in [0.25, 0.3) is 0 Å². The molecule has 20 heavy (non-hydrogen) atoms. The van der Waals surface area contributed by atoms with Gasteiger partial charge in [0, 0.05) is 18.9 Å². The molecule has 1 aliphatic rings. The molecule has 1 aromatic rings. The number of aromatic nitrogens is 2. The zero-order valence-corrected chi connectivity index (χ0v) is 13.8. The number of rotatable bonds is 8. The minimum Gasteiger partial charge on any atom is -0.317 e. The van der Waals surface area contributed by atoms with Crippen molar-refractivity contribution >= 4 is 11.3 Å². The second-order valence-corrected chi connectivity index (χ2v) is 7.09. The second-order valence-electron chi connectivity index (χ2n) is 6.00. The molecule has 0 amide bonds. The van der Waals surface area contributed by atoms with Crippen LogP contribution in [-0.4, -0.2) is 23.3 Å². The monoisotopic (exact) mass is 295 g/mol. The summed E-state index contributed by atoms with van der Waals surface area (Å²) in [5.74, 6) is 1.67. The van der Waals surface area contributed by atoms with Crippen LogP contribution in [-0.2, 0) is 6.42 Å². The molecule has 3 nitrogen and oxygen atoms in total. The molecular weight excluding hydrogens is 266 g/mol. The molecule has 0 spiro atoms. The summed E-state index contributed by atoms with van der Waals surface area (Å²) in [5.41, 5.74) is 0. The van der Waals surface area contributed by atoms with Crippen molar-refractivity contribution in [3.63, 3.8) is 0 Å². The van der Waals surface area contributed by atoms with Crippen LogP contribution in [0.5, 0.6) is 0 Å². The molecule has 0 unspecified atom stereocenters. The molecule has 1 heterocycles. The Kier molecular flexibility index (Phi) is 6.94. The van der Waals surface area contributed by atoms with Crippen LogP contribution in [0.4, 0.5) is 0 Å². The standard InChI is InChI=1S/C16H29N3S/c1-3-5-6-13-7-9-14(10-8-13)16-19-18-15(20-16)11-12-17-4-2/h13-14,17H,3-12H2,1-2H3. The Morgan fingerprint density at radius 3 is 2.65 bits per heavy atom. The van der Waals surface area contributed by atoms with Crippen LogP contribution in [0.15, 0.2) is 0 Å². The van der Waals surface area contributed by atoms with Gasteiger partial charge in [0.2, 0.25) is 0 Å². The van der Waals surface area contributed by atoms with Crippen molar-refractivity contribution < 1.29 is 0 Å². The van der Waals surface area contributed by atoms with Crippen molar-refractivity contribution in [2.75, 3.05) is 13.1 Å². The van der Waals surface area contributed by atoms with E-state index in [9.17, 15) is 0 Å². The molecule has 0 aliphatic heterocycles. The van der Waals surface area contributed by atoms with E-state index in [0.717, 1.165) is 25.4 Å². The summed E-state index contributed by atoms with van der Waals surface area (Å²) >= 11 is 1.85. The third kappa shape index (κ3) is 4.81. The molecule has 0 bridgehead atoms. The van der Waals surface area contributed by atoms with E-state index in [1.807, 2.05) is 11.3 Å². The lowest BCUT2D eigenvalue weighted by molar-refractivity contribution is 0.303. The predicted octanol–water partition coefficient (Wildman–Crippen LogP) is 4.15. The minimum absolute atomic E-state index is 0.693. The second kappa shape index (κ2) is 8.73. The zero-order chi connectivity index (χ0) is 14.2. The quantitative estimate of drug-likeness (QED) is 0.732. The Balaban J connectivity index is 1.75. The third-order valence-electron chi connectivity index (χ3n) is 4.41. The number of hydrogen-bond donors (Lipinski definition) is 1. The van der Waals surface area contributed by atoms with Crippen molar-refractivity contribution in [1.29, 1.82) is 0 Å². The molecule has 0 radical (unpaired) electrons. The van der Waals surface area contributed by atoms with Gasteiger partial charge in [0.1, 0.15) is 10.0 Å². The van der Waals surface area contributed by atoms with E-state index >= 15 is 0 Å². The summed E-state index contributed by atoms with van der Waals surface area (Å²) in [6, 6.07) is 0. The van der Waals surface area contributed by atoms with Gasteiger partial charge < -0.3 is 5.32 Å². The average molecular weight is 295 g/mol. The molecule has 1 fully saturated rings. The van der Waals surface area contributed by atoms with E-state index in [4.69, 9.17) is 0 Å². The predicted molar refractivity (Wildman–Crippen MR) is 86.4 cm³/mol. The maximum Gasteiger partial charge on any atom is 0.120 e. The molecular formula is C16H29N3S. The van der Waals surface area contributed by atoms with Crippen LogP contribution < -0.4 is 5.32 Å². The largest absolute Gasteiger partial charge is 0.317 e. The van der Waals surface area contributed by atoms with E-state index in [-0.39, 0.29) is 0 Å². The summed E-state index contributed by atoms with van der Waals surface area (Å²) < 4.78 is 0. The van der Waals surface area contributed by atoms with E-state index < -0.39 is 0 Å². The van der Waals surface area contributed by atoms with Crippen molar-refractivity contribution in [1.82, 2.24) is 15.5 Å². The molecule has 1 N–H and O–H groups in total. The molecule has 0 atom stereocenters. The Morgan fingerprint density at radius 2 is 1.95 bits per heavy atom. The lowest BCUT2D eigenvalue weighted by Gasteiger charge is -2.26. The fraction of sp³-hybridized carbons (Fsp3) is 0.875. The summed E-state index contributed by atoms with van der Waals surface area (Å²) in [7, 11) is 0. The van der Waals surface area contributed by atoms with E-state index in [1.54, 1.807) is 0 Å². The highest BCUT2D eigenvalue weighted by Crippen LogP contribution is 2.38. The number of likely N-dealkylation sites (N-methyl/N-ethyl adjacent to an activating group) is 1. The van der Waals surface area contributed by atoms with E-state index in [2.05, 4.69) is 29.4 Å². The van der Waals surface area contributed by atoms with Gasteiger partial charge >= 0.3 is 0 Å². The van der Waals surface area contributed by atoms with Crippen LogP contribution in [0.25, 0.3) is 0 Å². The number of unbranched alkanes of at least 4 members (excludes halogenated alkanes) is 1. The summed E-state index contributed by atoms with van der Waals surface area (Å²) in [6.45, 7) is 6.49. The van der Waals surface area contributed by atoms with Crippen molar-refractivity contribution in [3.05, 3.63) is 10.0 Å². The Hall–Kier alpha value is -0.480. The van der Waals surface area contributed by atoms with Crippen LogP contribution in [0.3, 0.4) is 0 Å². The van der Waals surface area contributed by atoms with Crippen LogP contribution >= 0.6 is 11.3 Å². The first kappa shape index (κ1) is 15.9. The third-order valence-corrected chi connectivity index (χ3v) is 5.56. The molecule has 0 aromatic carbocycles. The first-order chi connectivity index (χ1) is 9.83. The highest BCUT2D eigenvalue weighted by Gasteiger charge is 2.24. The molecule has 0 saturated heterocycles. The Labute approximate surface area is 127 Å². The highest BCUT2D eigenvalue weighted by molar-refractivity contribution is 7.11. The Morgan fingerprint density at radius 1 is 1.15 bits per heavy atom. The zero-order valence-electron chi connectivity index (χ0n) is 13.0. The van der Waals surface area contributed by atoms with Crippen LogP contribution in [0.2, 0.25) is 0 Å². The van der Waals surface area contributed by atoms with Crippen molar-refractivity contribution in [2.24, 2.45) is 5.92 Å². The first-order valence-electron chi connectivity index (χ1n) is 8.36. The van der Waals surface area contributed by atoms with Crippen LogP contribution in [0, 0.1) is 5.92 Å². The molecule has 1 saturated carbocycles. The lowest BCUT2D eigenvalue weighted by Crippen LogP contribution is -2.15. The van der Waals surface area contributed by atoms with Gasteiger partial charge in [-0.3, -0.25) is 0 Å². The first-order valence-corrected chi connectivity index (χ1v) is 9.18. The van der Waals surface area contributed by atoms with Gasteiger partial charge in [-0.05, 0) is 38.1 Å².